The molecule has 0 fully saturated rings. The van der Waals surface area contributed by atoms with Crippen LogP contribution in [-0.4, -0.2) is 17.5 Å². The minimum atomic E-state index is -0.167. The van der Waals surface area contributed by atoms with Crippen molar-refractivity contribution in [3.05, 3.63) is 34.1 Å². The van der Waals surface area contributed by atoms with E-state index >= 15 is 0 Å². The molecule has 0 aliphatic rings. The zero-order valence-corrected chi connectivity index (χ0v) is 11.8. The summed E-state index contributed by atoms with van der Waals surface area (Å²) in [5, 5.41) is 0. The highest BCUT2D eigenvalue weighted by molar-refractivity contribution is 9.10. The lowest BCUT2D eigenvalue weighted by atomic mass is 10.1. The summed E-state index contributed by atoms with van der Waals surface area (Å²) in [6.45, 7) is 2.15. The molecule has 1 rings (SSSR count). The molecular formula is C12H17BrFNS. The van der Waals surface area contributed by atoms with Crippen molar-refractivity contribution in [3.63, 3.8) is 0 Å². The van der Waals surface area contributed by atoms with E-state index in [0.29, 0.717) is 12.0 Å². The van der Waals surface area contributed by atoms with Gasteiger partial charge in [0.2, 0.25) is 0 Å². The Labute approximate surface area is 109 Å². The summed E-state index contributed by atoms with van der Waals surface area (Å²) < 4.78 is 14.3. The van der Waals surface area contributed by atoms with Crippen molar-refractivity contribution in [2.45, 2.75) is 25.8 Å². The third-order valence-corrected chi connectivity index (χ3v) is 4.02. The third-order valence-electron chi connectivity index (χ3n) is 2.17. The van der Waals surface area contributed by atoms with Crippen molar-refractivity contribution in [1.82, 2.24) is 0 Å². The number of nitrogens with two attached hydrogens (primary N) is 1. The van der Waals surface area contributed by atoms with E-state index in [2.05, 4.69) is 22.9 Å². The van der Waals surface area contributed by atoms with Crippen molar-refractivity contribution in [1.29, 1.82) is 0 Å². The average Bonchev–Trinajstić information content (AvgIpc) is 2.24. The number of halogens is 2. The number of rotatable bonds is 6. The van der Waals surface area contributed by atoms with Gasteiger partial charge in [0.15, 0.2) is 0 Å². The summed E-state index contributed by atoms with van der Waals surface area (Å²) in [4.78, 5) is 0. The van der Waals surface area contributed by atoms with E-state index in [1.807, 2.05) is 11.8 Å². The Kier molecular flexibility index (Phi) is 6.39. The predicted molar refractivity (Wildman–Crippen MR) is 73.4 cm³/mol. The van der Waals surface area contributed by atoms with Crippen LogP contribution in [0.25, 0.3) is 0 Å². The van der Waals surface area contributed by atoms with Gasteiger partial charge in [0.05, 0.1) is 0 Å². The molecule has 90 valence electrons. The van der Waals surface area contributed by atoms with E-state index in [1.54, 1.807) is 12.1 Å². The van der Waals surface area contributed by atoms with Crippen LogP contribution in [0.15, 0.2) is 22.7 Å². The van der Waals surface area contributed by atoms with Crippen LogP contribution in [0.4, 0.5) is 4.39 Å². The predicted octanol–water partition coefficient (Wildman–Crippen LogP) is 3.60. The highest BCUT2D eigenvalue weighted by Gasteiger charge is 2.08. The monoisotopic (exact) mass is 305 g/mol. The Balaban J connectivity index is 2.48. The van der Waals surface area contributed by atoms with E-state index in [-0.39, 0.29) is 11.9 Å². The smallest absolute Gasteiger partial charge is 0.126 e. The van der Waals surface area contributed by atoms with E-state index in [9.17, 15) is 4.39 Å². The van der Waals surface area contributed by atoms with Gasteiger partial charge in [-0.15, -0.1) is 0 Å². The molecule has 0 aromatic heterocycles. The quantitative estimate of drug-likeness (QED) is 0.813. The van der Waals surface area contributed by atoms with E-state index in [0.717, 1.165) is 22.4 Å². The summed E-state index contributed by atoms with van der Waals surface area (Å²) in [6, 6.07) is 5.02. The van der Waals surface area contributed by atoms with Gasteiger partial charge in [0.25, 0.3) is 0 Å². The van der Waals surface area contributed by atoms with Crippen LogP contribution in [0.1, 0.15) is 18.9 Å². The average molecular weight is 306 g/mol. The molecule has 1 aromatic carbocycles. The molecule has 0 aliphatic heterocycles. The van der Waals surface area contributed by atoms with Crippen LogP contribution in [0, 0.1) is 5.82 Å². The minimum Gasteiger partial charge on any atom is -0.327 e. The van der Waals surface area contributed by atoms with Crippen LogP contribution in [-0.2, 0) is 6.42 Å². The molecule has 1 atom stereocenters. The second-order valence-corrected chi connectivity index (χ2v) is 5.84. The van der Waals surface area contributed by atoms with Crippen LogP contribution in [0.2, 0.25) is 0 Å². The highest BCUT2D eigenvalue weighted by atomic mass is 79.9. The summed E-state index contributed by atoms with van der Waals surface area (Å²) in [5.41, 5.74) is 6.66. The molecule has 0 spiro atoms. The minimum absolute atomic E-state index is 0.0281. The van der Waals surface area contributed by atoms with Crippen molar-refractivity contribution in [3.8, 4) is 0 Å². The zero-order chi connectivity index (χ0) is 12.0. The fourth-order valence-corrected chi connectivity index (χ4v) is 2.70. The Morgan fingerprint density at radius 2 is 2.25 bits per heavy atom. The molecule has 0 bridgehead atoms. The lowest BCUT2D eigenvalue weighted by Gasteiger charge is -2.12. The molecule has 0 saturated heterocycles. The first kappa shape index (κ1) is 14.0. The van der Waals surface area contributed by atoms with Gasteiger partial charge in [-0.25, -0.2) is 4.39 Å². The van der Waals surface area contributed by atoms with Crippen LogP contribution >= 0.6 is 27.7 Å². The van der Waals surface area contributed by atoms with Gasteiger partial charge in [-0.3, -0.25) is 0 Å². The number of hydrogen-bond acceptors (Lipinski definition) is 2. The Bertz CT molecular complexity index is 333. The maximum absolute atomic E-state index is 13.4. The largest absolute Gasteiger partial charge is 0.327 e. The SMILES string of the molecule is CCCSCC(N)Cc1cc(Br)ccc1F. The molecule has 1 unspecified atom stereocenters. The molecule has 0 heterocycles. The summed E-state index contributed by atoms with van der Waals surface area (Å²) in [7, 11) is 0. The molecule has 0 aliphatic carbocycles. The van der Waals surface area contributed by atoms with Gasteiger partial charge in [-0.05, 0) is 42.4 Å². The van der Waals surface area contributed by atoms with Gasteiger partial charge < -0.3 is 5.73 Å². The maximum atomic E-state index is 13.4. The number of thioether (sulfide) groups is 1. The van der Waals surface area contributed by atoms with Crippen molar-refractivity contribution >= 4 is 27.7 Å². The van der Waals surface area contributed by atoms with Gasteiger partial charge in [0.1, 0.15) is 5.82 Å². The molecule has 1 aromatic rings. The molecule has 2 N–H and O–H groups in total. The maximum Gasteiger partial charge on any atom is 0.126 e. The second-order valence-electron chi connectivity index (χ2n) is 3.77. The van der Waals surface area contributed by atoms with Crippen molar-refractivity contribution in [2.75, 3.05) is 11.5 Å². The van der Waals surface area contributed by atoms with Crippen LogP contribution in [0.5, 0.6) is 0 Å². The van der Waals surface area contributed by atoms with Crippen molar-refractivity contribution < 1.29 is 4.39 Å². The first-order valence-electron chi connectivity index (χ1n) is 5.40. The van der Waals surface area contributed by atoms with Gasteiger partial charge in [0, 0.05) is 16.3 Å². The molecule has 0 amide bonds. The Morgan fingerprint density at radius 3 is 2.94 bits per heavy atom. The lowest BCUT2D eigenvalue weighted by Crippen LogP contribution is -2.26. The first-order chi connectivity index (χ1) is 7.63. The van der Waals surface area contributed by atoms with Crippen LogP contribution < -0.4 is 5.73 Å². The van der Waals surface area contributed by atoms with E-state index in [1.165, 1.54) is 6.07 Å². The van der Waals surface area contributed by atoms with Crippen LogP contribution in [0.3, 0.4) is 0 Å². The molecule has 0 radical (unpaired) electrons. The van der Waals surface area contributed by atoms with Crippen molar-refractivity contribution in [2.24, 2.45) is 5.73 Å². The normalized spacial score (nSPS) is 12.8. The van der Waals surface area contributed by atoms with Gasteiger partial charge >= 0.3 is 0 Å². The third kappa shape index (κ3) is 4.85. The fourth-order valence-electron chi connectivity index (χ4n) is 1.42. The summed E-state index contributed by atoms with van der Waals surface area (Å²) in [6.07, 6.45) is 1.75. The fraction of sp³-hybridized carbons (Fsp3) is 0.500. The molecule has 0 saturated carbocycles. The lowest BCUT2D eigenvalue weighted by molar-refractivity contribution is 0.597. The highest BCUT2D eigenvalue weighted by Crippen LogP contribution is 2.17. The number of benzene rings is 1. The standard InChI is InChI=1S/C12H17BrFNS/c1-2-5-16-8-11(15)7-9-6-10(13)3-4-12(9)14/h3-4,6,11H,2,5,7-8,15H2,1H3. The topological polar surface area (TPSA) is 26.0 Å². The van der Waals surface area contributed by atoms with E-state index < -0.39 is 0 Å². The molecular weight excluding hydrogens is 289 g/mol. The molecule has 16 heavy (non-hydrogen) atoms. The van der Waals surface area contributed by atoms with Gasteiger partial charge in [-0.2, -0.15) is 11.8 Å². The first-order valence-corrected chi connectivity index (χ1v) is 7.35. The second kappa shape index (κ2) is 7.30. The molecule has 4 heteroatoms. The Morgan fingerprint density at radius 1 is 1.50 bits per heavy atom. The molecule has 1 nitrogen and oxygen atoms in total. The summed E-state index contributed by atoms with van der Waals surface area (Å²) in [5.74, 6) is 1.84. The van der Waals surface area contributed by atoms with Gasteiger partial charge in [-0.1, -0.05) is 22.9 Å². The zero-order valence-electron chi connectivity index (χ0n) is 9.38. The summed E-state index contributed by atoms with van der Waals surface area (Å²) >= 11 is 5.17. The Hall–Kier alpha value is -0.0600. The van der Waals surface area contributed by atoms with E-state index in [4.69, 9.17) is 5.73 Å². The number of hydrogen-bond donors (Lipinski definition) is 1.